The summed E-state index contributed by atoms with van der Waals surface area (Å²) in [6.45, 7) is 5.84. The van der Waals surface area contributed by atoms with Gasteiger partial charge in [0.05, 0.1) is 33.2 Å². The first-order valence-electron chi connectivity index (χ1n) is 13.4. The molecule has 0 amide bonds. The second-order valence-corrected chi connectivity index (χ2v) is 12.4. The number of ketones is 1. The lowest BCUT2D eigenvalue weighted by molar-refractivity contribution is -0.384. The molecule has 1 aliphatic heterocycles. The van der Waals surface area contributed by atoms with Crippen molar-refractivity contribution in [2.45, 2.75) is 56.6 Å². The fourth-order valence-electron chi connectivity index (χ4n) is 5.75. The minimum atomic E-state index is -0.646. The maximum atomic E-state index is 13.7. The number of nitrogens with zero attached hydrogens (tertiary/aromatic N) is 3. The highest BCUT2D eigenvalue weighted by Gasteiger charge is 2.41. The Labute approximate surface area is 258 Å². The van der Waals surface area contributed by atoms with Gasteiger partial charge in [-0.2, -0.15) is 5.26 Å². The van der Waals surface area contributed by atoms with Crippen LogP contribution in [0.5, 0.6) is 0 Å². The number of aryl methyl sites for hydroxylation is 3. The molecule has 0 fully saturated rings. The molecular formula is C32H28Cl2N4O3S. The number of rotatable bonds is 6. The zero-order chi connectivity index (χ0) is 30.3. The van der Waals surface area contributed by atoms with E-state index in [9.17, 15) is 20.2 Å². The molecule has 10 heteroatoms. The van der Waals surface area contributed by atoms with Gasteiger partial charge >= 0.3 is 0 Å². The van der Waals surface area contributed by atoms with Crippen LogP contribution in [0.15, 0.2) is 76.1 Å². The van der Waals surface area contributed by atoms with Crippen LogP contribution >= 0.6 is 35.0 Å². The Morgan fingerprint density at radius 2 is 1.83 bits per heavy atom. The van der Waals surface area contributed by atoms with Gasteiger partial charge in [-0.15, -0.1) is 11.8 Å². The quantitative estimate of drug-likeness (QED) is 0.167. The van der Waals surface area contributed by atoms with Crippen LogP contribution in [0, 0.1) is 42.2 Å². The molecule has 1 heterocycles. The number of nitro groups is 1. The van der Waals surface area contributed by atoms with Crippen molar-refractivity contribution in [2.24, 2.45) is 5.73 Å². The number of non-ortho nitro benzene ring substituents is 1. The van der Waals surface area contributed by atoms with E-state index in [-0.39, 0.29) is 22.9 Å². The molecule has 3 aromatic rings. The smallest absolute Gasteiger partial charge is 0.271 e. The van der Waals surface area contributed by atoms with E-state index in [1.54, 1.807) is 34.9 Å². The third kappa shape index (κ3) is 5.40. The lowest BCUT2D eigenvalue weighted by Crippen LogP contribution is -2.39. The minimum absolute atomic E-state index is 0.0452. The molecule has 1 atom stereocenters. The SMILES string of the molecule is Cc1cc(C)c(C2C(C#N)=C(N)N(c3cc([N+](=O)[O-])ccc3C)C3=C2C(=O)CCC3)cc1CSc1cc(Cl)ccc1Cl. The summed E-state index contributed by atoms with van der Waals surface area (Å²) < 4.78 is 0. The Balaban J connectivity index is 1.65. The van der Waals surface area contributed by atoms with Gasteiger partial charge in [0.2, 0.25) is 0 Å². The highest BCUT2D eigenvalue weighted by Crippen LogP contribution is 2.48. The van der Waals surface area contributed by atoms with Crippen molar-refractivity contribution in [1.29, 1.82) is 5.26 Å². The van der Waals surface area contributed by atoms with Gasteiger partial charge in [0.25, 0.3) is 5.69 Å². The second-order valence-electron chi connectivity index (χ2n) is 10.5. The second kappa shape index (κ2) is 11.8. The molecular weight excluding hydrogens is 591 g/mol. The Kier molecular flexibility index (Phi) is 8.38. The third-order valence-electron chi connectivity index (χ3n) is 7.87. The topological polar surface area (TPSA) is 113 Å². The maximum absolute atomic E-state index is 13.7. The largest absolute Gasteiger partial charge is 0.384 e. The van der Waals surface area contributed by atoms with Crippen LogP contribution in [0.1, 0.15) is 53.0 Å². The summed E-state index contributed by atoms with van der Waals surface area (Å²) in [6.07, 6.45) is 1.54. The number of carbonyl (C=O) groups excluding carboxylic acids is 1. The predicted molar refractivity (Wildman–Crippen MR) is 168 cm³/mol. The summed E-state index contributed by atoms with van der Waals surface area (Å²) in [5, 5.41) is 23.3. The number of thioether (sulfide) groups is 1. The van der Waals surface area contributed by atoms with Crippen LogP contribution in [-0.2, 0) is 10.5 Å². The van der Waals surface area contributed by atoms with Crippen LogP contribution in [-0.4, -0.2) is 10.7 Å². The fourth-order valence-corrected chi connectivity index (χ4v) is 7.31. The Bertz CT molecular complexity index is 1760. The fraction of sp³-hybridized carbons (Fsp3) is 0.250. The molecule has 1 aliphatic carbocycles. The van der Waals surface area contributed by atoms with Crippen LogP contribution in [0.4, 0.5) is 11.4 Å². The molecule has 1 unspecified atom stereocenters. The summed E-state index contributed by atoms with van der Waals surface area (Å²) >= 11 is 14.2. The van der Waals surface area contributed by atoms with Crippen molar-refractivity contribution >= 4 is 52.1 Å². The van der Waals surface area contributed by atoms with Crippen LogP contribution in [0.25, 0.3) is 0 Å². The number of carbonyl (C=O) groups is 1. The zero-order valence-electron chi connectivity index (χ0n) is 23.3. The number of nitriles is 1. The molecule has 0 radical (unpaired) electrons. The number of nitro benzene ring substituents is 1. The molecule has 3 aromatic carbocycles. The Morgan fingerprint density at radius 3 is 2.55 bits per heavy atom. The molecule has 5 rings (SSSR count). The van der Waals surface area contributed by atoms with E-state index in [0.29, 0.717) is 52.0 Å². The van der Waals surface area contributed by atoms with E-state index < -0.39 is 10.8 Å². The zero-order valence-corrected chi connectivity index (χ0v) is 25.7. The standard InChI is InChI=1S/C32H28Cl2N4O3S/c1-17-7-9-22(38(40)41)14-27(17)37-26-5-4-6-28(39)31(26)30(24(15-35)32(37)36)23-12-20(18(2)11-19(23)3)16-42-29-13-21(33)8-10-25(29)34/h7-14,30H,4-6,16,36H2,1-3H3. The van der Waals surface area contributed by atoms with Gasteiger partial charge in [0.1, 0.15) is 5.82 Å². The molecule has 214 valence electrons. The maximum Gasteiger partial charge on any atom is 0.271 e. The molecule has 2 N–H and O–H groups in total. The first kappa shape index (κ1) is 29.7. The van der Waals surface area contributed by atoms with E-state index in [1.165, 1.54) is 12.1 Å². The molecule has 0 bridgehead atoms. The summed E-state index contributed by atoms with van der Waals surface area (Å²) in [6, 6.07) is 16.3. The number of anilines is 1. The third-order valence-corrected chi connectivity index (χ3v) is 9.65. The number of hydrogen-bond acceptors (Lipinski definition) is 7. The highest BCUT2D eigenvalue weighted by atomic mass is 35.5. The summed E-state index contributed by atoms with van der Waals surface area (Å²) in [5.41, 5.74) is 13.3. The van der Waals surface area contributed by atoms with Crippen molar-refractivity contribution < 1.29 is 9.72 Å². The summed E-state index contributed by atoms with van der Waals surface area (Å²) in [4.78, 5) is 27.4. The first-order valence-corrected chi connectivity index (χ1v) is 15.1. The van der Waals surface area contributed by atoms with Gasteiger partial charge in [0.15, 0.2) is 5.78 Å². The van der Waals surface area contributed by atoms with Crippen LogP contribution in [0.2, 0.25) is 10.0 Å². The Hall–Kier alpha value is -3.77. The van der Waals surface area contributed by atoms with Gasteiger partial charge < -0.3 is 5.73 Å². The van der Waals surface area contributed by atoms with Gasteiger partial charge in [0, 0.05) is 45.5 Å². The van der Waals surface area contributed by atoms with E-state index in [2.05, 4.69) is 18.2 Å². The van der Waals surface area contributed by atoms with Crippen molar-refractivity contribution in [3.05, 3.63) is 119 Å². The lowest BCUT2D eigenvalue weighted by atomic mass is 9.74. The number of allylic oxidation sites excluding steroid dienone is 3. The monoisotopic (exact) mass is 618 g/mol. The van der Waals surface area contributed by atoms with E-state index in [1.807, 2.05) is 26.8 Å². The number of Topliss-reactive ketones (excluding diaryl/α,β-unsaturated/α-hetero) is 1. The first-order chi connectivity index (χ1) is 20.0. The number of halogens is 2. The molecule has 7 nitrogen and oxygen atoms in total. The van der Waals surface area contributed by atoms with Crippen molar-refractivity contribution in [3.8, 4) is 6.07 Å². The van der Waals surface area contributed by atoms with E-state index >= 15 is 0 Å². The molecule has 0 aromatic heterocycles. The predicted octanol–water partition coefficient (Wildman–Crippen LogP) is 8.42. The van der Waals surface area contributed by atoms with Gasteiger partial charge in [-0.25, -0.2) is 0 Å². The average molecular weight is 620 g/mol. The summed E-state index contributed by atoms with van der Waals surface area (Å²) in [7, 11) is 0. The lowest BCUT2D eigenvalue weighted by Gasteiger charge is -2.40. The Morgan fingerprint density at radius 1 is 1.07 bits per heavy atom. The van der Waals surface area contributed by atoms with Gasteiger partial charge in [-0.3, -0.25) is 19.8 Å². The number of benzene rings is 3. The minimum Gasteiger partial charge on any atom is -0.384 e. The highest BCUT2D eigenvalue weighted by molar-refractivity contribution is 7.98. The van der Waals surface area contributed by atoms with Crippen molar-refractivity contribution in [3.63, 3.8) is 0 Å². The number of nitrogens with two attached hydrogens (primary N) is 1. The van der Waals surface area contributed by atoms with Gasteiger partial charge in [-0.05, 0) is 79.6 Å². The number of hydrogen-bond donors (Lipinski definition) is 1. The normalized spacial score (nSPS) is 16.9. The van der Waals surface area contributed by atoms with Crippen molar-refractivity contribution in [2.75, 3.05) is 4.90 Å². The summed E-state index contributed by atoms with van der Waals surface area (Å²) in [5.74, 6) is 0.0933. The van der Waals surface area contributed by atoms with Crippen LogP contribution < -0.4 is 10.6 Å². The van der Waals surface area contributed by atoms with E-state index in [4.69, 9.17) is 28.9 Å². The van der Waals surface area contributed by atoms with Crippen molar-refractivity contribution in [1.82, 2.24) is 0 Å². The van der Waals surface area contributed by atoms with Crippen LogP contribution in [0.3, 0.4) is 0 Å². The molecule has 42 heavy (non-hydrogen) atoms. The molecule has 0 spiro atoms. The van der Waals surface area contributed by atoms with E-state index in [0.717, 1.165) is 32.7 Å². The molecule has 2 aliphatic rings. The molecule has 0 saturated heterocycles. The average Bonchev–Trinajstić information content (AvgIpc) is 2.94. The van der Waals surface area contributed by atoms with Gasteiger partial charge in [-0.1, -0.05) is 41.4 Å². The molecule has 0 saturated carbocycles.